The van der Waals surface area contributed by atoms with Crippen molar-refractivity contribution in [1.29, 1.82) is 0 Å². The van der Waals surface area contributed by atoms with Crippen LogP contribution in [0.3, 0.4) is 0 Å². The molecule has 1 aliphatic carbocycles. The molecule has 0 aromatic heterocycles. The molecule has 3 heteroatoms. The van der Waals surface area contributed by atoms with Gasteiger partial charge in [-0.3, -0.25) is 4.79 Å². The van der Waals surface area contributed by atoms with E-state index in [-0.39, 0.29) is 11.9 Å². The van der Waals surface area contributed by atoms with E-state index >= 15 is 0 Å². The molecule has 1 amide bonds. The minimum absolute atomic E-state index is 0.121. The molecule has 1 fully saturated rings. The molecule has 1 aliphatic rings. The molecule has 14 heavy (non-hydrogen) atoms. The third-order valence-corrected chi connectivity index (χ3v) is 3.31. The first kappa shape index (κ1) is 11.5. The zero-order chi connectivity index (χ0) is 10.6. The molecule has 0 saturated heterocycles. The average Bonchev–Trinajstić information content (AvgIpc) is 2.11. The number of rotatable bonds is 5. The second kappa shape index (κ2) is 4.78. The van der Waals surface area contributed by atoms with Gasteiger partial charge in [0.1, 0.15) is 0 Å². The number of amides is 1. The Bertz CT molecular complexity index is 194. The Balaban J connectivity index is 2.31. The van der Waals surface area contributed by atoms with Gasteiger partial charge in [0.2, 0.25) is 5.91 Å². The number of hydrogen-bond acceptors (Lipinski definition) is 2. The fourth-order valence-corrected chi connectivity index (χ4v) is 2.16. The monoisotopic (exact) mass is 198 g/mol. The molecule has 0 bridgehead atoms. The number of hydrogen-bond donors (Lipinski definition) is 2. The van der Waals surface area contributed by atoms with E-state index in [4.69, 9.17) is 0 Å². The van der Waals surface area contributed by atoms with Gasteiger partial charge in [-0.1, -0.05) is 6.92 Å². The van der Waals surface area contributed by atoms with Crippen LogP contribution in [0.1, 0.15) is 46.0 Å². The predicted octanol–water partition coefficient (Wildman–Crippen LogP) is 1.43. The largest absolute Gasteiger partial charge is 0.359 e. The maximum atomic E-state index is 11.2. The maximum Gasteiger partial charge on any atom is 0.221 e. The van der Waals surface area contributed by atoms with Gasteiger partial charge in [-0.25, -0.2) is 0 Å². The summed E-state index contributed by atoms with van der Waals surface area (Å²) in [5.41, 5.74) is 0.341. The lowest BCUT2D eigenvalue weighted by molar-refractivity contribution is -0.121. The van der Waals surface area contributed by atoms with Gasteiger partial charge in [-0.2, -0.15) is 0 Å². The van der Waals surface area contributed by atoms with Crippen molar-refractivity contribution in [3.63, 3.8) is 0 Å². The Morgan fingerprint density at radius 2 is 2.14 bits per heavy atom. The second-order valence-electron chi connectivity index (χ2n) is 4.41. The molecular weight excluding hydrogens is 176 g/mol. The summed E-state index contributed by atoms with van der Waals surface area (Å²) in [6.07, 6.45) is 5.61. The molecule has 0 aromatic rings. The third-order valence-electron chi connectivity index (χ3n) is 3.31. The Labute approximate surface area is 86.6 Å². The highest BCUT2D eigenvalue weighted by molar-refractivity contribution is 5.76. The molecule has 0 aromatic carbocycles. The molecule has 1 rings (SSSR count). The second-order valence-corrected chi connectivity index (χ2v) is 4.41. The molecule has 0 aliphatic heterocycles. The zero-order valence-electron chi connectivity index (χ0n) is 9.52. The van der Waals surface area contributed by atoms with E-state index in [1.54, 1.807) is 7.05 Å². The van der Waals surface area contributed by atoms with Crippen LogP contribution >= 0.6 is 0 Å². The van der Waals surface area contributed by atoms with Gasteiger partial charge >= 0.3 is 0 Å². The van der Waals surface area contributed by atoms with Gasteiger partial charge in [0, 0.05) is 25.0 Å². The smallest absolute Gasteiger partial charge is 0.221 e. The van der Waals surface area contributed by atoms with Crippen LogP contribution in [-0.4, -0.2) is 24.5 Å². The highest BCUT2D eigenvalue weighted by Crippen LogP contribution is 2.35. The summed E-state index contributed by atoms with van der Waals surface area (Å²) in [4.78, 5) is 11.2. The Kier molecular flexibility index (Phi) is 3.93. The van der Waals surface area contributed by atoms with Crippen molar-refractivity contribution in [2.75, 3.05) is 7.05 Å². The van der Waals surface area contributed by atoms with Crippen LogP contribution in [0.25, 0.3) is 0 Å². The van der Waals surface area contributed by atoms with Gasteiger partial charge in [0.25, 0.3) is 0 Å². The topological polar surface area (TPSA) is 41.1 Å². The van der Waals surface area contributed by atoms with E-state index < -0.39 is 0 Å². The van der Waals surface area contributed by atoms with Crippen LogP contribution in [0.2, 0.25) is 0 Å². The van der Waals surface area contributed by atoms with Crippen LogP contribution in [0, 0.1) is 0 Å². The first-order chi connectivity index (χ1) is 6.62. The molecule has 1 saturated carbocycles. The van der Waals surface area contributed by atoms with Crippen molar-refractivity contribution < 1.29 is 4.79 Å². The van der Waals surface area contributed by atoms with E-state index in [0.717, 1.165) is 0 Å². The highest BCUT2D eigenvalue weighted by atomic mass is 16.1. The number of carbonyl (C=O) groups is 1. The first-order valence-electron chi connectivity index (χ1n) is 5.60. The van der Waals surface area contributed by atoms with E-state index in [1.807, 2.05) is 0 Å². The third kappa shape index (κ3) is 2.71. The summed E-state index contributed by atoms with van der Waals surface area (Å²) in [7, 11) is 1.69. The van der Waals surface area contributed by atoms with Crippen LogP contribution in [-0.2, 0) is 4.79 Å². The van der Waals surface area contributed by atoms with E-state index in [1.165, 1.54) is 25.7 Å². The van der Waals surface area contributed by atoms with Crippen molar-refractivity contribution in [2.45, 2.75) is 57.5 Å². The quantitative estimate of drug-likeness (QED) is 0.701. The van der Waals surface area contributed by atoms with Crippen molar-refractivity contribution in [2.24, 2.45) is 0 Å². The van der Waals surface area contributed by atoms with E-state index in [2.05, 4.69) is 24.5 Å². The van der Waals surface area contributed by atoms with Gasteiger partial charge < -0.3 is 10.6 Å². The maximum absolute atomic E-state index is 11.2. The Hall–Kier alpha value is -0.570. The summed E-state index contributed by atoms with van der Waals surface area (Å²) in [6, 6.07) is 0.287. The molecular formula is C11H22N2O. The minimum Gasteiger partial charge on any atom is -0.359 e. The SMILES string of the molecule is CCC1(NC(C)CC(=O)NC)CCC1. The lowest BCUT2D eigenvalue weighted by atomic mass is 9.74. The van der Waals surface area contributed by atoms with Crippen molar-refractivity contribution in [1.82, 2.24) is 10.6 Å². The van der Waals surface area contributed by atoms with E-state index in [9.17, 15) is 4.79 Å². The molecule has 1 unspecified atom stereocenters. The summed E-state index contributed by atoms with van der Waals surface area (Å²) < 4.78 is 0. The molecule has 0 spiro atoms. The summed E-state index contributed by atoms with van der Waals surface area (Å²) in [5.74, 6) is 0.121. The average molecular weight is 198 g/mol. The lowest BCUT2D eigenvalue weighted by Gasteiger charge is -2.44. The van der Waals surface area contributed by atoms with Gasteiger partial charge in [0.15, 0.2) is 0 Å². The molecule has 1 atom stereocenters. The van der Waals surface area contributed by atoms with Gasteiger partial charge in [0.05, 0.1) is 0 Å². The van der Waals surface area contributed by atoms with Crippen LogP contribution in [0.5, 0.6) is 0 Å². The summed E-state index contributed by atoms with van der Waals surface area (Å²) >= 11 is 0. The lowest BCUT2D eigenvalue weighted by Crippen LogP contribution is -2.54. The first-order valence-corrected chi connectivity index (χ1v) is 5.60. The molecule has 0 radical (unpaired) electrons. The Morgan fingerprint density at radius 3 is 2.50 bits per heavy atom. The van der Waals surface area contributed by atoms with Crippen LogP contribution < -0.4 is 10.6 Å². The number of nitrogens with one attached hydrogen (secondary N) is 2. The standard InChI is InChI=1S/C11H22N2O/c1-4-11(6-5-7-11)13-9(2)8-10(14)12-3/h9,13H,4-8H2,1-3H3,(H,12,14). The molecule has 3 nitrogen and oxygen atoms in total. The molecule has 2 N–H and O–H groups in total. The van der Waals surface area contributed by atoms with Gasteiger partial charge in [-0.15, -0.1) is 0 Å². The Morgan fingerprint density at radius 1 is 1.50 bits per heavy atom. The summed E-state index contributed by atoms with van der Waals surface area (Å²) in [5, 5.41) is 6.24. The van der Waals surface area contributed by atoms with Crippen molar-refractivity contribution in [3.05, 3.63) is 0 Å². The fraction of sp³-hybridized carbons (Fsp3) is 0.909. The van der Waals surface area contributed by atoms with Crippen LogP contribution in [0.15, 0.2) is 0 Å². The van der Waals surface area contributed by atoms with Gasteiger partial charge in [-0.05, 0) is 32.6 Å². The highest BCUT2D eigenvalue weighted by Gasteiger charge is 2.35. The minimum atomic E-state index is 0.121. The molecule has 82 valence electrons. The zero-order valence-corrected chi connectivity index (χ0v) is 9.52. The molecule has 0 heterocycles. The van der Waals surface area contributed by atoms with Crippen molar-refractivity contribution in [3.8, 4) is 0 Å². The number of carbonyl (C=O) groups excluding carboxylic acids is 1. The van der Waals surface area contributed by atoms with E-state index in [0.29, 0.717) is 12.0 Å². The summed E-state index contributed by atoms with van der Waals surface area (Å²) in [6.45, 7) is 4.31. The normalized spacial score (nSPS) is 21.1. The predicted molar refractivity (Wildman–Crippen MR) is 58.2 cm³/mol. The van der Waals surface area contributed by atoms with Crippen molar-refractivity contribution >= 4 is 5.91 Å². The van der Waals surface area contributed by atoms with Crippen LogP contribution in [0.4, 0.5) is 0 Å². The fourth-order valence-electron chi connectivity index (χ4n) is 2.16.